The van der Waals surface area contributed by atoms with Crippen LogP contribution in [-0.4, -0.2) is 26.1 Å². The van der Waals surface area contributed by atoms with Crippen LogP contribution in [0.3, 0.4) is 0 Å². The molecule has 0 saturated carbocycles. The smallest absolute Gasteiger partial charge is 0.340 e. The summed E-state index contributed by atoms with van der Waals surface area (Å²) in [5.74, 6) is -0.480. The Hall–Kier alpha value is -1.82. The summed E-state index contributed by atoms with van der Waals surface area (Å²) in [6.45, 7) is -0.254. The number of rotatable bonds is 5. The molecular weight excluding hydrogens is 410 g/mol. The van der Waals surface area contributed by atoms with Gasteiger partial charge in [0.15, 0.2) is 0 Å². The van der Waals surface area contributed by atoms with Gasteiger partial charge in [0, 0.05) is 16.3 Å². The van der Waals surface area contributed by atoms with Crippen LogP contribution in [0.1, 0.15) is 12.0 Å². The monoisotopic (exact) mass is 423 g/mol. The van der Waals surface area contributed by atoms with Gasteiger partial charge in [0.05, 0.1) is 23.5 Å². The summed E-state index contributed by atoms with van der Waals surface area (Å²) in [6, 6.07) is 7.19. The molecule has 0 fully saturated rings. The Morgan fingerprint density at radius 3 is 2.48 bits per heavy atom. The van der Waals surface area contributed by atoms with Crippen molar-refractivity contribution in [2.75, 3.05) is 18.1 Å². The highest BCUT2D eigenvalue weighted by molar-refractivity contribution is 7.99. The van der Waals surface area contributed by atoms with Crippen LogP contribution in [0.15, 0.2) is 46.2 Å². The van der Waals surface area contributed by atoms with Crippen molar-refractivity contribution in [2.45, 2.75) is 22.4 Å². The molecule has 1 N–H and O–H groups in total. The first kappa shape index (κ1) is 19.9. The number of hydrogen-bond acceptors (Lipinski definition) is 5. The van der Waals surface area contributed by atoms with Gasteiger partial charge in [0.2, 0.25) is 0 Å². The topological polar surface area (TPSA) is 66.8 Å². The molecule has 0 amide bonds. The highest BCUT2D eigenvalue weighted by Crippen LogP contribution is 2.49. The Morgan fingerprint density at radius 1 is 1.07 bits per heavy atom. The van der Waals surface area contributed by atoms with Gasteiger partial charge in [-0.15, -0.1) is 0 Å². The zero-order chi connectivity index (χ0) is 19.8. The zero-order valence-electron chi connectivity index (χ0n) is 13.5. The van der Waals surface area contributed by atoms with Crippen molar-refractivity contribution in [3.05, 3.63) is 47.8 Å². The van der Waals surface area contributed by atoms with Crippen molar-refractivity contribution in [2.24, 2.45) is 0 Å². The van der Waals surface area contributed by atoms with E-state index in [4.69, 9.17) is 4.55 Å². The van der Waals surface area contributed by atoms with Crippen LogP contribution in [0, 0.1) is 5.82 Å². The van der Waals surface area contributed by atoms with Crippen molar-refractivity contribution in [1.29, 1.82) is 0 Å². The molecule has 27 heavy (non-hydrogen) atoms. The second kappa shape index (κ2) is 7.30. The minimum Gasteiger partial charge on any atom is -0.340 e. The molecule has 0 aromatic heterocycles. The number of alkyl halides is 3. The summed E-state index contributed by atoms with van der Waals surface area (Å²) in [4.78, 5) is 2.58. The van der Waals surface area contributed by atoms with Crippen LogP contribution in [0.4, 0.5) is 28.9 Å². The van der Waals surface area contributed by atoms with Crippen molar-refractivity contribution < 1.29 is 34.7 Å². The maximum Gasteiger partial charge on any atom is 0.416 e. The van der Waals surface area contributed by atoms with Crippen molar-refractivity contribution in [3.63, 3.8) is 0 Å². The van der Waals surface area contributed by atoms with Gasteiger partial charge in [-0.25, -0.2) is 8.57 Å². The molecule has 0 spiro atoms. The third-order valence-electron chi connectivity index (χ3n) is 3.77. The third-order valence-corrected chi connectivity index (χ3v) is 5.34. The lowest BCUT2D eigenvalue weighted by Gasteiger charge is -2.33. The molecule has 0 saturated heterocycles. The molecule has 0 atom stereocenters. The number of halogens is 4. The van der Waals surface area contributed by atoms with Crippen LogP contribution < -0.4 is 4.90 Å². The van der Waals surface area contributed by atoms with Crippen LogP contribution >= 0.6 is 11.8 Å². The van der Waals surface area contributed by atoms with E-state index in [1.165, 1.54) is 24.3 Å². The van der Waals surface area contributed by atoms with Gasteiger partial charge in [-0.05, 0) is 42.8 Å². The molecule has 2 aromatic rings. The fourth-order valence-corrected chi connectivity index (χ4v) is 4.09. The van der Waals surface area contributed by atoms with E-state index >= 15 is 0 Å². The fourth-order valence-electron chi connectivity index (χ4n) is 2.66. The molecule has 1 aliphatic heterocycles. The Morgan fingerprint density at radius 2 is 1.81 bits per heavy atom. The number of fused-ring (bicyclic) bond motifs is 2. The Balaban J connectivity index is 1.94. The quantitative estimate of drug-likeness (QED) is 0.429. The number of benzene rings is 2. The van der Waals surface area contributed by atoms with Crippen molar-refractivity contribution in [3.8, 4) is 0 Å². The predicted molar refractivity (Wildman–Crippen MR) is 91.1 cm³/mol. The minimum absolute atomic E-state index is 0.0942. The first-order chi connectivity index (χ1) is 12.5. The second-order valence-corrected chi connectivity index (χ2v) is 7.82. The SMILES string of the molecule is O=S(=O)(O)OCCCN1c2ccc(F)cc2Sc2ccc(C(F)(F)F)cc21. The maximum atomic E-state index is 13.6. The molecule has 0 radical (unpaired) electrons. The van der Waals surface area contributed by atoms with Crippen LogP contribution in [0.25, 0.3) is 0 Å². The Kier molecular flexibility index (Phi) is 5.39. The van der Waals surface area contributed by atoms with Gasteiger partial charge < -0.3 is 4.90 Å². The largest absolute Gasteiger partial charge is 0.416 e. The average molecular weight is 423 g/mol. The molecule has 1 heterocycles. The van der Waals surface area contributed by atoms with Gasteiger partial charge in [-0.2, -0.15) is 21.6 Å². The summed E-state index contributed by atoms with van der Waals surface area (Å²) in [5, 5.41) is 0. The molecule has 1 aliphatic rings. The van der Waals surface area contributed by atoms with E-state index in [9.17, 15) is 26.0 Å². The Bertz CT molecular complexity index is 963. The molecular formula is C16H13F4NO4S2. The molecule has 5 nitrogen and oxygen atoms in total. The molecule has 146 valence electrons. The van der Waals surface area contributed by atoms with Crippen molar-refractivity contribution >= 4 is 33.5 Å². The summed E-state index contributed by atoms with van der Waals surface area (Å²) < 4.78 is 86.9. The van der Waals surface area contributed by atoms with E-state index in [1.54, 1.807) is 4.90 Å². The molecule has 0 unspecified atom stereocenters. The molecule has 3 rings (SSSR count). The minimum atomic E-state index is -4.60. The number of anilines is 2. The van der Waals surface area contributed by atoms with E-state index in [0.717, 1.165) is 23.9 Å². The van der Waals surface area contributed by atoms with E-state index in [2.05, 4.69) is 4.18 Å². The van der Waals surface area contributed by atoms with E-state index < -0.39 is 28.0 Å². The van der Waals surface area contributed by atoms with Gasteiger partial charge in [0.1, 0.15) is 5.82 Å². The summed E-state index contributed by atoms with van der Waals surface area (Å²) in [7, 11) is -4.60. The summed E-state index contributed by atoms with van der Waals surface area (Å²) in [5.41, 5.74) is -0.0486. The van der Waals surface area contributed by atoms with Gasteiger partial charge in [-0.3, -0.25) is 4.55 Å². The maximum absolute atomic E-state index is 13.6. The van der Waals surface area contributed by atoms with Crippen molar-refractivity contribution in [1.82, 2.24) is 0 Å². The average Bonchev–Trinajstić information content (AvgIpc) is 2.55. The highest BCUT2D eigenvalue weighted by Gasteiger charge is 2.33. The van der Waals surface area contributed by atoms with Gasteiger partial charge in [-0.1, -0.05) is 11.8 Å². The third kappa shape index (κ3) is 4.72. The molecule has 11 heteroatoms. The fraction of sp³-hybridized carbons (Fsp3) is 0.250. The van der Waals surface area contributed by atoms with Crippen LogP contribution in [0.2, 0.25) is 0 Å². The molecule has 2 aromatic carbocycles. The number of nitrogens with zero attached hydrogens (tertiary/aromatic N) is 1. The van der Waals surface area contributed by atoms with E-state index in [0.29, 0.717) is 15.5 Å². The van der Waals surface area contributed by atoms with E-state index in [-0.39, 0.29) is 25.3 Å². The van der Waals surface area contributed by atoms with E-state index in [1.807, 2.05) is 0 Å². The Labute approximate surface area is 156 Å². The first-order valence-electron chi connectivity index (χ1n) is 7.62. The normalized spacial score (nSPS) is 14.0. The summed E-state index contributed by atoms with van der Waals surface area (Å²) >= 11 is 1.15. The van der Waals surface area contributed by atoms with Crippen LogP contribution in [0.5, 0.6) is 0 Å². The highest BCUT2D eigenvalue weighted by atomic mass is 32.3. The van der Waals surface area contributed by atoms with Crippen LogP contribution in [-0.2, 0) is 20.8 Å². The standard InChI is InChI=1S/C16H13F4NO4S2/c17-11-3-4-12-15(9-11)26-14-5-2-10(16(18,19)20)8-13(14)21(12)6-1-7-25-27(22,23)24/h2-5,8-9H,1,6-7H2,(H,22,23,24). The first-order valence-corrected chi connectivity index (χ1v) is 9.81. The lowest BCUT2D eigenvalue weighted by Crippen LogP contribution is -2.24. The molecule has 0 aliphatic carbocycles. The molecule has 0 bridgehead atoms. The lowest BCUT2D eigenvalue weighted by molar-refractivity contribution is -0.137. The number of hydrogen-bond donors (Lipinski definition) is 1. The zero-order valence-corrected chi connectivity index (χ0v) is 15.2. The van der Waals surface area contributed by atoms with Gasteiger partial charge >= 0.3 is 16.6 Å². The van der Waals surface area contributed by atoms with Gasteiger partial charge in [0.25, 0.3) is 0 Å². The lowest BCUT2D eigenvalue weighted by atomic mass is 10.1. The predicted octanol–water partition coefficient (Wildman–Crippen LogP) is 4.66. The summed E-state index contributed by atoms with van der Waals surface area (Å²) in [6.07, 6.45) is -4.43. The second-order valence-electron chi connectivity index (χ2n) is 5.65.